The predicted octanol–water partition coefficient (Wildman–Crippen LogP) is 4.21. The van der Waals surface area contributed by atoms with Crippen molar-refractivity contribution < 1.29 is 13.2 Å². The van der Waals surface area contributed by atoms with E-state index in [-0.39, 0.29) is 6.04 Å². The second-order valence-corrected chi connectivity index (χ2v) is 6.03. The maximum Gasteiger partial charge on any atom is 0.405 e. The standard InChI is InChI=1S/C16H25F3N2/c1-12(2)9-20-10-14-5-7-15(8-6-14)21(13(3)4)11-16(17,18)19/h5-8,12-13,20H,9-11H2,1-4H3. The van der Waals surface area contributed by atoms with Crippen molar-refractivity contribution in [2.45, 2.75) is 46.5 Å². The molecule has 0 aromatic heterocycles. The molecule has 0 fully saturated rings. The van der Waals surface area contributed by atoms with Gasteiger partial charge in [0.05, 0.1) is 0 Å². The minimum atomic E-state index is -4.19. The number of nitrogens with one attached hydrogen (secondary N) is 1. The van der Waals surface area contributed by atoms with Crippen molar-refractivity contribution in [1.29, 1.82) is 0 Å². The van der Waals surface area contributed by atoms with Gasteiger partial charge in [0.1, 0.15) is 6.54 Å². The number of nitrogens with zero attached hydrogens (tertiary/aromatic N) is 1. The van der Waals surface area contributed by atoms with Crippen LogP contribution >= 0.6 is 0 Å². The van der Waals surface area contributed by atoms with E-state index >= 15 is 0 Å². The molecule has 0 aliphatic carbocycles. The third-order valence-electron chi connectivity index (χ3n) is 3.12. The number of benzene rings is 1. The molecule has 0 spiro atoms. The molecule has 0 atom stereocenters. The summed E-state index contributed by atoms with van der Waals surface area (Å²) in [4.78, 5) is 1.37. The summed E-state index contributed by atoms with van der Waals surface area (Å²) < 4.78 is 37.9. The normalized spacial score (nSPS) is 12.2. The van der Waals surface area contributed by atoms with Crippen LogP contribution in [-0.2, 0) is 6.54 Å². The highest BCUT2D eigenvalue weighted by atomic mass is 19.4. The molecule has 1 aromatic carbocycles. The van der Waals surface area contributed by atoms with Gasteiger partial charge in [0, 0.05) is 18.3 Å². The average molecular weight is 302 g/mol. The number of hydrogen-bond acceptors (Lipinski definition) is 2. The zero-order valence-corrected chi connectivity index (χ0v) is 13.2. The van der Waals surface area contributed by atoms with E-state index in [4.69, 9.17) is 0 Å². The summed E-state index contributed by atoms with van der Waals surface area (Å²) >= 11 is 0. The fraction of sp³-hybridized carbons (Fsp3) is 0.625. The number of anilines is 1. The predicted molar refractivity (Wildman–Crippen MR) is 81.5 cm³/mol. The second-order valence-electron chi connectivity index (χ2n) is 6.03. The van der Waals surface area contributed by atoms with Crippen molar-refractivity contribution in [2.75, 3.05) is 18.0 Å². The van der Waals surface area contributed by atoms with Crippen molar-refractivity contribution in [3.05, 3.63) is 29.8 Å². The smallest absolute Gasteiger partial charge is 0.360 e. The van der Waals surface area contributed by atoms with Gasteiger partial charge in [-0.05, 0) is 44.0 Å². The minimum Gasteiger partial charge on any atom is -0.360 e. The van der Waals surface area contributed by atoms with E-state index in [1.807, 2.05) is 12.1 Å². The third kappa shape index (κ3) is 6.85. The van der Waals surface area contributed by atoms with Gasteiger partial charge in [-0.15, -0.1) is 0 Å². The summed E-state index contributed by atoms with van der Waals surface area (Å²) in [6.07, 6.45) is -4.19. The Kier molecular flexibility index (Phi) is 6.52. The SMILES string of the molecule is CC(C)CNCc1ccc(N(CC(F)(F)F)C(C)C)cc1. The van der Waals surface area contributed by atoms with Crippen LogP contribution in [0.3, 0.4) is 0 Å². The lowest BCUT2D eigenvalue weighted by molar-refractivity contribution is -0.120. The first-order valence-electron chi connectivity index (χ1n) is 7.32. The summed E-state index contributed by atoms with van der Waals surface area (Å²) in [6, 6.07) is 7.09. The highest BCUT2D eigenvalue weighted by Crippen LogP contribution is 2.24. The highest BCUT2D eigenvalue weighted by Gasteiger charge is 2.31. The summed E-state index contributed by atoms with van der Waals surface area (Å²) in [6.45, 7) is 8.54. The maximum atomic E-state index is 12.6. The molecule has 0 saturated heterocycles. The van der Waals surface area contributed by atoms with Crippen LogP contribution in [0.25, 0.3) is 0 Å². The molecule has 21 heavy (non-hydrogen) atoms. The average Bonchev–Trinajstić information content (AvgIpc) is 2.35. The van der Waals surface area contributed by atoms with E-state index in [1.165, 1.54) is 4.90 Å². The fourth-order valence-corrected chi connectivity index (χ4v) is 2.08. The Morgan fingerprint density at radius 3 is 2.05 bits per heavy atom. The van der Waals surface area contributed by atoms with Crippen molar-refractivity contribution >= 4 is 5.69 Å². The quantitative estimate of drug-likeness (QED) is 0.811. The molecule has 0 amide bonds. The molecule has 2 nitrogen and oxygen atoms in total. The molecular formula is C16H25F3N2. The molecule has 0 aliphatic heterocycles. The lowest BCUT2D eigenvalue weighted by Gasteiger charge is -2.30. The topological polar surface area (TPSA) is 15.3 Å². The lowest BCUT2D eigenvalue weighted by Crippen LogP contribution is -2.39. The zero-order chi connectivity index (χ0) is 16.0. The van der Waals surface area contributed by atoms with Gasteiger partial charge in [-0.2, -0.15) is 13.2 Å². The molecule has 0 radical (unpaired) electrons. The molecule has 0 aliphatic rings. The van der Waals surface area contributed by atoms with Gasteiger partial charge in [0.25, 0.3) is 0 Å². The van der Waals surface area contributed by atoms with Crippen molar-refractivity contribution in [3.8, 4) is 0 Å². The highest BCUT2D eigenvalue weighted by molar-refractivity contribution is 5.48. The first-order valence-corrected chi connectivity index (χ1v) is 7.32. The van der Waals surface area contributed by atoms with E-state index < -0.39 is 12.7 Å². The molecule has 1 N–H and O–H groups in total. The van der Waals surface area contributed by atoms with Gasteiger partial charge in [-0.25, -0.2) is 0 Å². The molecule has 0 unspecified atom stereocenters. The Morgan fingerprint density at radius 1 is 1.05 bits per heavy atom. The first kappa shape index (κ1) is 17.8. The van der Waals surface area contributed by atoms with Crippen LogP contribution in [0.1, 0.15) is 33.3 Å². The summed E-state index contributed by atoms with van der Waals surface area (Å²) in [7, 11) is 0. The monoisotopic (exact) mass is 302 g/mol. The lowest BCUT2D eigenvalue weighted by atomic mass is 10.1. The largest absolute Gasteiger partial charge is 0.405 e. The summed E-state index contributed by atoms with van der Waals surface area (Å²) in [5.41, 5.74) is 1.69. The van der Waals surface area contributed by atoms with E-state index in [0.717, 1.165) is 18.7 Å². The van der Waals surface area contributed by atoms with Crippen molar-refractivity contribution in [2.24, 2.45) is 5.92 Å². The number of hydrogen-bond donors (Lipinski definition) is 1. The van der Waals surface area contributed by atoms with Crippen LogP contribution in [-0.4, -0.2) is 25.3 Å². The Balaban J connectivity index is 2.69. The molecule has 1 rings (SSSR count). The molecule has 0 bridgehead atoms. The molecule has 1 aromatic rings. The Bertz CT molecular complexity index is 411. The zero-order valence-electron chi connectivity index (χ0n) is 13.2. The Morgan fingerprint density at radius 2 is 1.62 bits per heavy atom. The minimum absolute atomic E-state index is 0.198. The number of alkyl halides is 3. The molecule has 5 heteroatoms. The van der Waals surface area contributed by atoms with Crippen LogP contribution in [0.4, 0.5) is 18.9 Å². The van der Waals surface area contributed by atoms with Gasteiger partial charge in [0.15, 0.2) is 0 Å². The molecular weight excluding hydrogens is 277 g/mol. The van der Waals surface area contributed by atoms with E-state index in [2.05, 4.69) is 19.2 Å². The maximum absolute atomic E-state index is 12.6. The van der Waals surface area contributed by atoms with Crippen molar-refractivity contribution in [1.82, 2.24) is 5.32 Å². The van der Waals surface area contributed by atoms with Crippen molar-refractivity contribution in [3.63, 3.8) is 0 Å². The van der Waals surface area contributed by atoms with Gasteiger partial charge in [-0.3, -0.25) is 0 Å². The van der Waals surface area contributed by atoms with Gasteiger partial charge >= 0.3 is 6.18 Å². The third-order valence-corrected chi connectivity index (χ3v) is 3.12. The van der Waals surface area contributed by atoms with E-state index in [9.17, 15) is 13.2 Å². The van der Waals surface area contributed by atoms with Crippen LogP contribution in [0.5, 0.6) is 0 Å². The summed E-state index contributed by atoms with van der Waals surface area (Å²) in [5.74, 6) is 0.576. The summed E-state index contributed by atoms with van der Waals surface area (Å²) in [5, 5.41) is 3.32. The van der Waals surface area contributed by atoms with Crippen LogP contribution in [0.2, 0.25) is 0 Å². The molecule has 120 valence electrons. The Labute approximate surface area is 125 Å². The molecule has 0 saturated carbocycles. The van der Waals surface area contributed by atoms with E-state index in [1.54, 1.807) is 26.0 Å². The fourth-order valence-electron chi connectivity index (χ4n) is 2.08. The van der Waals surface area contributed by atoms with E-state index in [0.29, 0.717) is 11.6 Å². The number of halogens is 3. The van der Waals surface area contributed by atoms with Gasteiger partial charge in [0.2, 0.25) is 0 Å². The van der Waals surface area contributed by atoms with Gasteiger partial charge in [-0.1, -0.05) is 26.0 Å². The van der Waals surface area contributed by atoms with Crippen LogP contribution in [0, 0.1) is 5.92 Å². The van der Waals surface area contributed by atoms with Crippen LogP contribution < -0.4 is 10.2 Å². The second kappa shape index (κ2) is 7.69. The molecule has 0 heterocycles. The first-order chi connectivity index (χ1) is 9.69. The van der Waals surface area contributed by atoms with Crippen LogP contribution in [0.15, 0.2) is 24.3 Å². The van der Waals surface area contributed by atoms with Gasteiger partial charge < -0.3 is 10.2 Å². The number of rotatable bonds is 7. The Hall–Kier alpha value is -1.23.